The van der Waals surface area contributed by atoms with Crippen LogP contribution in [0.15, 0.2) is 17.0 Å². The smallest absolute Gasteiger partial charge is 0.240 e. The maximum Gasteiger partial charge on any atom is 0.240 e. The Morgan fingerprint density at radius 1 is 1.23 bits per heavy atom. The van der Waals surface area contributed by atoms with Gasteiger partial charge >= 0.3 is 0 Å². The van der Waals surface area contributed by atoms with E-state index in [2.05, 4.69) is 10.0 Å². The van der Waals surface area contributed by atoms with E-state index in [1.165, 1.54) is 0 Å². The second-order valence-corrected chi connectivity index (χ2v) is 7.29. The van der Waals surface area contributed by atoms with Crippen LogP contribution in [-0.2, 0) is 10.0 Å². The number of ether oxygens (including phenoxy) is 1. The molecule has 5 nitrogen and oxygen atoms in total. The Morgan fingerprint density at radius 2 is 1.82 bits per heavy atom. The molecule has 1 rings (SSSR count). The van der Waals surface area contributed by atoms with E-state index in [1.54, 1.807) is 33.2 Å². The van der Waals surface area contributed by atoms with Crippen molar-refractivity contribution >= 4 is 22.4 Å². The first-order valence-electron chi connectivity index (χ1n) is 7.08. The average molecular weight is 351 g/mol. The second-order valence-electron chi connectivity index (χ2n) is 5.56. The lowest BCUT2D eigenvalue weighted by molar-refractivity contribution is 0.406. The number of rotatable bonds is 7. The van der Waals surface area contributed by atoms with Crippen LogP contribution in [0.4, 0.5) is 0 Å². The summed E-state index contributed by atoms with van der Waals surface area (Å²) < 4.78 is 32.9. The van der Waals surface area contributed by atoms with Crippen molar-refractivity contribution in [3.63, 3.8) is 0 Å². The summed E-state index contributed by atoms with van der Waals surface area (Å²) >= 11 is 0. The molecule has 7 heteroatoms. The molecule has 2 N–H and O–H groups in total. The van der Waals surface area contributed by atoms with E-state index < -0.39 is 10.0 Å². The molecule has 0 spiro atoms. The van der Waals surface area contributed by atoms with Gasteiger partial charge in [-0.05, 0) is 50.1 Å². The highest BCUT2D eigenvalue weighted by Gasteiger charge is 2.21. The van der Waals surface area contributed by atoms with Gasteiger partial charge in [0.2, 0.25) is 10.0 Å². The van der Waals surface area contributed by atoms with Gasteiger partial charge < -0.3 is 10.1 Å². The molecule has 1 aromatic carbocycles. The zero-order chi connectivity index (χ0) is 16.2. The maximum absolute atomic E-state index is 12.5. The van der Waals surface area contributed by atoms with Crippen LogP contribution in [0.1, 0.15) is 37.8 Å². The Balaban J connectivity index is 0.00000441. The van der Waals surface area contributed by atoms with Crippen molar-refractivity contribution < 1.29 is 13.2 Å². The van der Waals surface area contributed by atoms with Crippen LogP contribution < -0.4 is 14.8 Å². The third-order valence-electron chi connectivity index (χ3n) is 3.51. The van der Waals surface area contributed by atoms with Gasteiger partial charge in [-0.15, -0.1) is 12.4 Å². The van der Waals surface area contributed by atoms with Gasteiger partial charge in [-0.3, -0.25) is 0 Å². The van der Waals surface area contributed by atoms with Crippen molar-refractivity contribution in [1.82, 2.24) is 10.0 Å². The Hall–Kier alpha value is -0.820. The standard InChI is InChI=1S/C15H26N2O3S.ClH/c1-10(2)13-8-15(11(3)7-14(13)20-6)21(18,19)17-9-12(4)16-5;/h7-8,10,12,16-17H,9H2,1-6H3;1H. The van der Waals surface area contributed by atoms with E-state index >= 15 is 0 Å². The number of nitrogens with one attached hydrogen (secondary N) is 2. The van der Waals surface area contributed by atoms with Gasteiger partial charge in [0.15, 0.2) is 0 Å². The van der Waals surface area contributed by atoms with Crippen LogP contribution in [0.25, 0.3) is 0 Å². The minimum absolute atomic E-state index is 0. The fourth-order valence-electron chi connectivity index (χ4n) is 2.01. The summed E-state index contributed by atoms with van der Waals surface area (Å²) in [6, 6.07) is 3.57. The minimum Gasteiger partial charge on any atom is -0.496 e. The summed E-state index contributed by atoms with van der Waals surface area (Å²) in [6.07, 6.45) is 0. The third kappa shape index (κ3) is 5.12. The van der Waals surface area contributed by atoms with Crippen molar-refractivity contribution in [3.8, 4) is 5.75 Å². The highest BCUT2D eigenvalue weighted by molar-refractivity contribution is 7.89. The summed E-state index contributed by atoms with van der Waals surface area (Å²) in [4.78, 5) is 0.315. The first-order valence-corrected chi connectivity index (χ1v) is 8.56. The summed E-state index contributed by atoms with van der Waals surface area (Å²) in [5.41, 5.74) is 1.58. The Labute approximate surface area is 140 Å². The Bertz CT molecular complexity index is 589. The van der Waals surface area contributed by atoms with Crippen LogP contribution in [0, 0.1) is 6.92 Å². The fraction of sp³-hybridized carbons (Fsp3) is 0.600. The SMILES string of the molecule is CNC(C)CNS(=O)(=O)c1cc(C(C)C)c(OC)cc1C.Cl. The Morgan fingerprint density at radius 3 is 2.27 bits per heavy atom. The van der Waals surface area contributed by atoms with E-state index in [4.69, 9.17) is 4.74 Å². The number of methoxy groups -OCH3 is 1. The molecule has 0 amide bonds. The van der Waals surface area contributed by atoms with E-state index in [-0.39, 0.29) is 24.4 Å². The molecular weight excluding hydrogens is 324 g/mol. The molecule has 0 saturated heterocycles. The van der Waals surface area contributed by atoms with Gasteiger partial charge in [-0.2, -0.15) is 0 Å². The molecule has 1 aromatic rings. The van der Waals surface area contributed by atoms with Gasteiger partial charge in [0.25, 0.3) is 0 Å². The van der Waals surface area contributed by atoms with Crippen LogP contribution in [0.3, 0.4) is 0 Å². The molecule has 0 heterocycles. The average Bonchev–Trinajstić information content (AvgIpc) is 2.43. The van der Waals surface area contributed by atoms with Crippen molar-refractivity contribution in [2.45, 2.75) is 44.6 Å². The number of aryl methyl sites for hydroxylation is 1. The van der Waals surface area contributed by atoms with Crippen LogP contribution >= 0.6 is 12.4 Å². The molecule has 0 radical (unpaired) electrons. The van der Waals surface area contributed by atoms with E-state index in [1.807, 2.05) is 20.8 Å². The van der Waals surface area contributed by atoms with Crippen molar-refractivity contribution in [1.29, 1.82) is 0 Å². The van der Waals surface area contributed by atoms with Crippen LogP contribution in [0.5, 0.6) is 5.75 Å². The highest BCUT2D eigenvalue weighted by Crippen LogP contribution is 2.31. The van der Waals surface area contributed by atoms with Crippen molar-refractivity contribution in [2.75, 3.05) is 20.7 Å². The molecule has 0 aliphatic rings. The number of sulfonamides is 1. The van der Waals surface area contributed by atoms with Crippen LogP contribution in [-0.4, -0.2) is 35.2 Å². The first-order chi connectivity index (χ1) is 9.72. The largest absolute Gasteiger partial charge is 0.496 e. The number of hydrogen-bond acceptors (Lipinski definition) is 4. The maximum atomic E-state index is 12.5. The zero-order valence-electron chi connectivity index (χ0n) is 14.1. The summed E-state index contributed by atoms with van der Waals surface area (Å²) in [5, 5.41) is 3.00. The molecule has 1 atom stereocenters. The molecule has 128 valence electrons. The predicted octanol–water partition coefficient (Wildman–Crippen LogP) is 2.44. The summed E-state index contributed by atoms with van der Waals surface area (Å²) in [7, 11) is -0.124. The van der Waals surface area contributed by atoms with E-state index in [0.29, 0.717) is 17.0 Å². The first kappa shape index (κ1) is 21.2. The molecule has 0 aromatic heterocycles. The number of benzene rings is 1. The number of halogens is 1. The fourth-order valence-corrected chi connectivity index (χ4v) is 3.40. The number of likely N-dealkylation sites (N-methyl/N-ethyl adjacent to an activating group) is 1. The van der Waals surface area contributed by atoms with E-state index in [0.717, 1.165) is 11.3 Å². The summed E-state index contributed by atoms with van der Waals surface area (Å²) in [5.74, 6) is 0.913. The summed E-state index contributed by atoms with van der Waals surface area (Å²) in [6.45, 7) is 8.08. The normalized spacial score (nSPS) is 12.9. The van der Waals surface area contributed by atoms with Gasteiger partial charge in [0.1, 0.15) is 5.75 Å². The molecule has 0 fully saturated rings. The monoisotopic (exact) mass is 350 g/mol. The molecule has 1 unspecified atom stereocenters. The second kappa shape index (κ2) is 8.72. The number of hydrogen-bond donors (Lipinski definition) is 2. The molecule has 0 aliphatic carbocycles. The quantitative estimate of drug-likeness (QED) is 0.792. The lowest BCUT2D eigenvalue weighted by Gasteiger charge is -2.17. The predicted molar refractivity (Wildman–Crippen MR) is 92.8 cm³/mol. The molecule has 0 aliphatic heterocycles. The molecule has 0 bridgehead atoms. The lowest BCUT2D eigenvalue weighted by atomic mass is 10.0. The molecular formula is C15H27ClN2O3S. The molecule has 22 heavy (non-hydrogen) atoms. The van der Waals surface area contributed by atoms with Gasteiger partial charge in [-0.25, -0.2) is 13.1 Å². The van der Waals surface area contributed by atoms with Crippen molar-refractivity contribution in [2.24, 2.45) is 0 Å². The van der Waals surface area contributed by atoms with Crippen LogP contribution in [0.2, 0.25) is 0 Å². The lowest BCUT2D eigenvalue weighted by Crippen LogP contribution is -2.37. The van der Waals surface area contributed by atoms with Gasteiger partial charge in [0, 0.05) is 12.6 Å². The third-order valence-corrected chi connectivity index (χ3v) is 5.08. The van der Waals surface area contributed by atoms with E-state index in [9.17, 15) is 8.42 Å². The topological polar surface area (TPSA) is 67.4 Å². The molecule has 0 saturated carbocycles. The minimum atomic E-state index is -3.52. The highest BCUT2D eigenvalue weighted by atomic mass is 35.5. The van der Waals surface area contributed by atoms with Gasteiger partial charge in [-0.1, -0.05) is 13.8 Å². The zero-order valence-corrected chi connectivity index (χ0v) is 15.7. The Kier molecular flexibility index (Phi) is 8.39. The van der Waals surface area contributed by atoms with Crippen molar-refractivity contribution in [3.05, 3.63) is 23.3 Å². The van der Waals surface area contributed by atoms with Gasteiger partial charge in [0.05, 0.1) is 12.0 Å².